The summed E-state index contributed by atoms with van der Waals surface area (Å²) >= 11 is 1.29. The summed E-state index contributed by atoms with van der Waals surface area (Å²) in [5, 5.41) is 12.1. The number of amides is 1. The number of rotatable bonds is 5. The molecule has 2 aromatic heterocycles. The van der Waals surface area contributed by atoms with E-state index in [0.29, 0.717) is 21.8 Å². The Kier molecular flexibility index (Phi) is 4.50. The van der Waals surface area contributed by atoms with Gasteiger partial charge < -0.3 is 19.2 Å². The smallest absolute Gasteiger partial charge is 0.331 e. The van der Waals surface area contributed by atoms with E-state index in [1.807, 2.05) is 6.07 Å². The first-order valence-electron chi connectivity index (χ1n) is 7.54. The van der Waals surface area contributed by atoms with Crippen LogP contribution in [-0.2, 0) is 4.79 Å². The number of carboxylic acids is 1. The van der Waals surface area contributed by atoms with Gasteiger partial charge in [-0.25, -0.2) is 4.79 Å². The number of aryl methyl sites for hydroxylation is 1. The summed E-state index contributed by atoms with van der Waals surface area (Å²) in [6, 6.07) is 7.70. The van der Waals surface area contributed by atoms with Crippen LogP contribution in [0.4, 0.5) is 0 Å². The molecule has 1 aromatic carbocycles. The Morgan fingerprint density at radius 2 is 2.08 bits per heavy atom. The number of hydrogen-bond acceptors (Lipinski definition) is 5. The third-order valence-electron chi connectivity index (χ3n) is 4.09. The monoisotopic (exact) mass is 359 g/mol. The van der Waals surface area contributed by atoms with E-state index < -0.39 is 17.9 Å². The summed E-state index contributed by atoms with van der Waals surface area (Å²) in [7, 11) is 3.02. The van der Waals surface area contributed by atoms with E-state index in [0.717, 1.165) is 5.39 Å². The van der Waals surface area contributed by atoms with Gasteiger partial charge in [0.15, 0.2) is 11.8 Å². The minimum Gasteiger partial charge on any atom is -0.497 e. The van der Waals surface area contributed by atoms with Crippen molar-refractivity contribution >= 4 is 34.2 Å². The van der Waals surface area contributed by atoms with Crippen LogP contribution in [0.2, 0.25) is 0 Å². The molecule has 1 atom stereocenters. The standard InChI is InChI=1S/C18H17NO5S/c1-10-12-7-6-11(23-3)9-13(12)24-16(10)17(20)19(2)15(18(21)22)14-5-4-8-25-14/h4-9,15H,1-3H3,(H,21,22)/t15-/m0/s1. The molecule has 2 heterocycles. The summed E-state index contributed by atoms with van der Waals surface area (Å²) in [6.45, 7) is 1.78. The molecule has 0 fully saturated rings. The maximum atomic E-state index is 12.9. The maximum absolute atomic E-state index is 12.9. The van der Waals surface area contributed by atoms with Crippen LogP contribution in [0, 0.1) is 6.92 Å². The number of carbonyl (C=O) groups is 2. The number of methoxy groups -OCH3 is 1. The number of aliphatic carboxylic acids is 1. The minimum absolute atomic E-state index is 0.133. The highest BCUT2D eigenvalue weighted by molar-refractivity contribution is 7.10. The fraction of sp³-hybridized carbons (Fsp3) is 0.222. The summed E-state index contributed by atoms with van der Waals surface area (Å²) in [5.74, 6) is -0.814. The highest BCUT2D eigenvalue weighted by atomic mass is 32.1. The van der Waals surface area contributed by atoms with E-state index in [9.17, 15) is 14.7 Å². The van der Waals surface area contributed by atoms with E-state index in [1.165, 1.54) is 23.3 Å². The number of nitrogens with zero attached hydrogens (tertiary/aromatic N) is 1. The first-order valence-corrected chi connectivity index (χ1v) is 8.42. The molecule has 6 nitrogen and oxygen atoms in total. The molecule has 3 rings (SSSR count). The van der Waals surface area contributed by atoms with Crippen molar-refractivity contribution in [3.63, 3.8) is 0 Å². The van der Waals surface area contributed by atoms with E-state index >= 15 is 0 Å². The predicted molar refractivity (Wildman–Crippen MR) is 94.3 cm³/mol. The fourth-order valence-electron chi connectivity index (χ4n) is 2.74. The van der Waals surface area contributed by atoms with Crippen LogP contribution in [0.3, 0.4) is 0 Å². The lowest BCUT2D eigenvalue weighted by Crippen LogP contribution is -2.35. The van der Waals surface area contributed by atoms with Crippen molar-refractivity contribution in [3.8, 4) is 5.75 Å². The molecule has 0 aliphatic heterocycles. The summed E-state index contributed by atoms with van der Waals surface area (Å²) in [5.41, 5.74) is 1.20. The number of fused-ring (bicyclic) bond motifs is 1. The molecule has 0 unspecified atom stereocenters. The van der Waals surface area contributed by atoms with E-state index in [-0.39, 0.29) is 5.76 Å². The zero-order chi connectivity index (χ0) is 18.1. The second kappa shape index (κ2) is 6.60. The van der Waals surface area contributed by atoms with Gasteiger partial charge in [0.25, 0.3) is 5.91 Å². The number of furan rings is 1. The lowest BCUT2D eigenvalue weighted by atomic mass is 10.1. The number of likely N-dealkylation sites (N-methyl/N-ethyl adjacent to an activating group) is 1. The van der Waals surface area contributed by atoms with E-state index in [1.54, 1.807) is 43.7 Å². The van der Waals surface area contributed by atoms with Gasteiger partial charge in [0.1, 0.15) is 11.3 Å². The topological polar surface area (TPSA) is 80.0 Å². The normalized spacial score (nSPS) is 12.1. The number of ether oxygens (including phenoxy) is 1. The summed E-state index contributed by atoms with van der Waals surface area (Å²) < 4.78 is 10.9. The van der Waals surface area contributed by atoms with Crippen LogP contribution in [0.15, 0.2) is 40.1 Å². The van der Waals surface area contributed by atoms with Crippen LogP contribution in [0.5, 0.6) is 5.75 Å². The van der Waals surface area contributed by atoms with Crippen molar-refractivity contribution in [2.45, 2.75) is 13.0 Å². The molecule has 1 amide bonds. The van der Waals surface area contributed by atoms with E-state index in [4.69, 9.17) is 9.15 Å². The number of carboxylic acid groups (broad SMARTS) is 1. The summed E-state index contributed by atoms with van der Waals surface area (Å²) in [4.78, 5) is 26.3. The van der Waals surface area contributed by atoms with Gasteiger partial charge in [0.2, 0.25) is 0 Å². The molecular formula is C18H17NO5S. The predicted octanol–water partition coefficient (Wildman–Crippen LogP) is 3.71. The average molecular weight is 359 g/mol. The van der Waals surface area contributed by atoms with Gasteiger partial charge in [-0.15, -0.1) is 11.3 Å². The Hall–Kier alpha value is -2.80. The molecule has 0 saturated heterocycles. The van der Waals surface area contributed by atoms with Crippen LogP contribution in [0.1, 0.15) is 27.0 Å². The van der Waals surface area contributed by atoms with Crippen LogP contribution < -0.4 is 4.74 Å². The Bertz CT molecular complexity index is 928. The molecular weight excluding hydrogens is 342 g/mol. The molecule has 25 heavy (non-hydrogen) atoms. The molecule has 0 radical (unpaired) electrons. The van der Waals surface area contributed by atoms with Gasteiger partial charge in [0, 0.05) is 28.9 Å². The second-order valence-corrected chi connectivity index (χ2v) is 6.57. The lowest BCUT2D eigenvalue weighted by molar-refractivity contribution is -0.142. The SMILES string of the molecule is COc1ccc2c(C)c(C(=O)N(C)[C@H](C(=O)O)c3cccs3)oc2c1. The molecule has 0 aliphatic carbocycles. The third-order valence-corrected chi connectivity index (χ3v) is 5.02. The lowest BCUT2D eigenvalue weighted by Gasteiger charge is -2.23. The minimum atomic E-state index is -1.09. The number of carbonyl (C=O) groups excluding carboxylic acids is 1. The highest BCUT2D eigenvalue weighted by Gasteiger charge is 2.32. The van der Waals surface area contributed by atoms with Crippen LogP contribution >= 0.6 is 11.3 Å². The van der Waals surface area contributed by atoms with Crippen LogP contribution in [0.25, 0.3) is 11.0 Å². The van der Waals surface area contributed by atoms with Crippen LogP contribution in [-0.4, -0.2) is 36.0 Å². The Morgan fingerprint density at radius 1 is 1.32 bits per heavy atom. The van der Waals surface area contributed by atoms with Crippen molar-refractivity contribution in [3.05, 3.63) is 51.9 Å². The van der Waals surface area contributed by atoms with Crippen molar-refractivity contribution in [2.24, 2.45) is 0 Å². The third kappa shape index (κ3) is 2.98. The summed E-state index contributed by atoms with van der Waals surface area (Å²) in [6.07, 6.45) is 0. The Balaban J connectivity index is 2.00. The van der Waals surface area contributed by atoms with Crippen molar-refractivity contribution in [1.82, 2.24) is 4.90 Å². The van der Waals surface area contributed by atoms with Gasteiger partial charge in [0.05, 0.1) is 7.11 Å². The van der Waals surface area contributed by atoms with Crippen molar-refractivity contribution < 1.29 is 23.8 Å². The van der Waals surface area contributed by atoms with Gasteiger partial charge in [-0.05, 0) is 30.5 Å². The molecule has 0 bridgehead atoms. The molecule has 1 N–H and O–H groups in total. The van der Waals surface area contributed by atoms with E-state index in [2.05, 4.69) is 0 Å². The quantitative estimate of drug-likeness (QED) is 0.751. The fourth-order valence-corrected chi connectivity index (χ4v) is 3.60. The van der Waals surface area contributed by atoms with Crippen molar-refractivity contribution in [2.75, 3.05) is 14.2 Å². The molecule has 0 aliphatic rings. The maximum Gasteiger partial charge on any atom is 0.331 e. The first kappa shape index (κ1) is 17.0. The molecule has 0 saturated carbocycles. The second-order valence-electron chi connectivity index (χ2n) is 5.59. The molecule has 7 heteroatoms. The average Bonchev–Trinajstić information content (AvgIpc) is 3.22. The van der Waals surface area contributed by atoms with Gasteiger partial charge in [-0.3, -0.25) is 4.79 Å². The van der Waals surface area contributed by atoms with Gasteiger partial charge in [-0.1, -0.05) is 6.07 Å². The molecule has 3 aromatic rings. The molecule has 0 spiro atoms. The Morgan fingerprint density at radius 3 is 2.68 bits per heavy atom. The van der Waals surface area contributed by atoms with Gasteiger partial charge in [-0.2, -0.15) is 0 Å². The number of hydrogen-bond donors (Lipinski definition) is 1. The first-order chi connectivity index (χ1) is 11.9. The zero-order valence-electron chi connectivity index (χ0n) is 14.0. The largest absolute Gasteiger partial charge is 0.497 e. The highest BCUT2D eigenvalue weighted by Crippen LogP contribution is 2.31. The molecule has 130 valence electrons. The number of benzene rings is 1. The zero-order valence-corrected chi connectivity index (χ0v) is 14.8. The number of thiophene rings is 1. The Labute approximate surface area is 148 Å². The van der Waals surface area contributed by atoms with Gasteiger partial charge >= 0.3 is 5.97 Å². The van der Waals surface area contributed by atoms with Crippen molar-refractivity contribution in [1.29, 1.82) is 0 Å².